The number of ether oxygens (including phenoxy) is 1. The Morgan fingerprint density at radius 1 is 1.00 bits per heavy atom. The van der Waals surface area contributed by atoms with Gasteiger partial charge in [0.1, 0.15) is 12.4 Å². The van der Waals surface area contributed by atoms with Crippen LogP contribution >= 0.6 is 0 Å². The lowest BCUT2D eigenvalue weighted by molar-refractivity contribution is -0.387. The molecule has 0 aliphatic heterocycles. The Morgan fingerprint density at radius 2 is 1.43 bits per heavy atom. The topological polar surface area (TPSA) is 46.5 Å². The molecular formula is C11H7F7O3. The molecule has 0 heterocycles. The average molecular weight is 320 g/mol. The van der Waals surface area contributed by atoms with Gasteiger partial charge in [0.15, 0.2) is 0 Å². The Kier molecular flexibility index (Phi) is 4.51. The van der Waals surface area contributed by atoms with E-state index in [0.717, 1.165) is 0 Å². The number of aliphatic carboxylic acids is 1. The maximum absolute atomic E-state index is 13.0. The number of hydrogen-bond acceptors (Lipinski definition) is 2. The van der Waals surface area contributed by atoms with E-state index in [-0.39, 0.29) is 12.1 Å². The van der Waals surface area contributed by atoms with Crippen LogP contribution in [0.4, 0.5) is 30.7 Å². The van der Waals surface area contributed by atoms with Crippen molar-refractivity contribution in [3.63, 3.8) is 0 Å². The molecule has 0 amide bonds. The minimum absolute atomic E-state index is 0.234. The number of rotatable bonds is 4. The van der Waals surface area contributed by atoms with E-state index in [1.165, 1.54) is 0 Å². The Labute approximate surface area is 112 Å². The molecule has 118 valence electrons. The van der Waals surface area contributed by atoms with E-state index in [2.05, 4.69) is 4.74 Å². The fourth-order valence-electron chi connectivity index (χ4n) is 1.59. The first-order valence-corrected chi connectivity index (χ1v) is 5.17. The molecule has 0 fully saturated rings. The van der Waals surface area contributed by atoms with E-state index < -0.39 is 41.9 Å². The Hall–Kier alpha value is -1.84. The van der Waals surface area contributed by atoms with Crippen molar-refractivity contribution in [3.8, 4) is 0 Å². The van der Waals surface area contributed by atoms with Gasteiger partial charge in [-0.15, -0.1) is 0 Å². The molecule has 0 spiro atoms. The highest BCUT2D eigenvalue weighted by atomic mass is 19.4. The number of benzene rings is 1. The minimum Gasteiger partial charge on any atom is -0.480 e. The molecule has 1 N–H and O–H groups in total. The number of alkyl halides is 6. The molecule has 0 radical (unpaired) electrons. The van der Waals surface area contributed by atoms with Crippen molar-refractivity contribution in [1.82, 2.24) is 0 Å². The molecule has 3 nitrogen and oxygen atoms in total. The first-order chi connectivity index (χ1) is 9.42. The van der Waals surface area contributed by atoms with E-state index in [1.54, 1.807) is 0 Å². The highest BCUT2D eigenvalue weighted by Gasteiger charge is 2.73. The predicted octanol–water partition coefficient (Wildman–Crippen LogP) is 3.25. The van der Waals surface area contributed by atoms with Crippen LogP contribution in [-0.4, -0.2) is 30.0 Å². The Morgan fingerprint density at radius 3 is 1.76 bits per heavy atom. The number of halogens is 7. The molecule has 0 aromatic heterocycles. The summed E-state index contributed by atoms with van der Waals surface area (Å²) in [4.78, 5) is 10.3. The van der Waals surface area contributed by atoms with Crippen molar-refractivity contribution in [1.29, 1.82) is 0 Å². The van der Waals surface area contributed by atoms with Gasteiger partial charge in [0.25, 0.3) is 5.60 Å². The minimum atomic E-state index is -6.00. The van der Waals surface area contributed by atoms with E-state index in [9.17, 15) is 35.5 Å². The summed E-state index contributed by atoms with van der Waals surface area (Å²) in [5.74, 6) is -3.08. The third kappa shape index (κ3) is 3.26. The molecule has 0 atom stereocenters. The zero-order valence-corrected chi connectivity index (χ0v) is 9.93. The third-order valence-electron chi connectivity index (χ3n) is 2.46. The lowest BCUT2D eigenvalue weighted by Gasteiger charge is -2.36. The first kappa shape index (κ1) is 17.2. The number of hydrogen-bond donors (Lipinski definition) is 1. The molecule has 0 unspecified atom stereocenters. The fourth-order valence-corrected chi connectivity index (χ4v) is 1.59. The van der Waals surface area contributed by atoms with Crippen molar-refractivity contribution >= 4 is 5.97 Å². The summed E-state index contributed by atoms with van der Waals surface area (Å²) in [5, 5.41) is 8.28. The SMILES string of the molecule is O=C(O)COC(c1ccc(F)cc1)(C(F)(F)F)C(F)(F)F. The van der Waals surface area contributed by atoms with Crippen LogP contribution in [0.1, 0.15) is 5.56 Å². The normalized spacial score (nSPS) is 13.3. The van der Waals surface area contributed by atoms with Crippen LogP contribution in [0.25, 0.3) is 0 Å². The van der Waals surface area contributed by atoms with Gasteiger partial charge in [0.2, 0.25) is 0 Å². The lowest BCUT2D eigenvalue weighted by atomic mass is 9.92. The summed E-state index contributed by atoms with van der Waals surface area (Å²) in [6, 6.07) is 1.23. The summed E-state index contributed by atoms with van der Waals surface area (Å²) >= 11 is 0. The second-order valence-electron chi connectivity index (χ2n) is 3.87. The van der Waals surface area contributed by atoms with E-state index >= 15 is 0 Å². The number of carboxylic acid groups (broad SMARTS) is 1. The Balaban J connectivity index is 3.51. The van der Waals surface area contributed by atoms with Gasteiger partial charge in [-0.25, -0.2) is 9.18 Å². The van der Waals surface area contributed by atoms with E-state index in [1.807, 2.05) is 0 Å². The van der Waals surface area contributed by atoms with Crippen LogP contribution in [0.2, 0.25) is 0 Å². The van der Waals surface area contributed by atoms with Crippen LogP contribution in [0.5, 0.6) is 0 Å². The standard InChI is InChI=1S/C11H7F7O3/c12-7-3-1-6(2-4-7)9(10(13,14)15,11(16,17)18)21-5-8(19)20/h1-4H,5H2,(H,19,20). The van der Waals surface area contributed by atoms with Crippen LogP contribution in [0, 0.1) is 5.82 Å². The molecule has 21 heavy (non-hydrogen) atoms. The summed E-state index contributed by atoms with van der Waals surface area (Å²) in [6.07, 6.45) is -12.0. The van der Waals surface area contributed by atoms with Crippen LogP contribution in [0.3, 0.4) is 0 Å². The molecule has 0 aliphatic carbocycles. The van der Waals surface area contributed by atoms with Gasteiger partial charge in [0.05, 0.1) is 0 Å². The maximum atomic E-state index is 13.0. The van der Waals surface area contributed by atoms with Gasteiger partial charge in [-0.2, -0.15) is 26.3 Å². The number of carboxylic acids is 1. The van der Waals surface area contributed by atoms with Gasteiger partial charge >= 0.3 is 18.3 Å². The highest BCUT2D eigenvalue weighted by molar-refractivity contribution is 5.68. The third-order valence-corrected chi connectivity index (χ3v) is 2.46. The molecule has 1 rings (SSSR count). The largest absolute Gasteiger partial charge is 0.480 e. The zero-order valence-electron chi connectivity index (χ0n) is 9.93. The molecule has 10 heteroatoms. The molecule has 0 aliphatic rings. The second kappa shape index (κ2) is 5.51. The van der Waals surface area contributed by atoms with Crippen molar-refractivity contribution in [2.75, 3.05) is 6.61 Å². The van der Waals surface area contributed by atoms with Crippen LogP contribution in [0.15, 0.2) is 24.3 Å². The molecular weight excluding hydrogens is 313 g/mol. The molecule has 0 saturated heterocycles. The van der Waals surface area contributed by atoms with Crippen LogP contribution in [-0.2, 0) is 15.1 Å². The maximum Gasteiger partial charge on any atom is 0.430 e. The summed E-state index contributed by atoms with van der Waals surface area (Å²) in [5.41, 5.74) is -6.32. The van der Waals surface area contributed by atoms with Crippen molar-refractivity contribution < 1.29 is 45.4 Å². The van der Waals surface area contributed by atoms with E-state index in [4.69, 9.17) is 5.11 Å². The molecule has 1 aromatic carbocycles. The second-order valence-corrected chi connectivity index (χ2v) is 3.87. The number of carbonyl (C=O) groups is 1. The van der Waals surface area contributed by atoms with Gasteiger partial charge in [-0.3, -0.25) is 0 Å². The quantitative estimate of drug-likeness (QED) is 0.866. The smallest absolute Gasteiger partial charge is 0.430 e. The summed E-state index contributed by atoms with van der Waals surface area (Å²) in [6.45, 7) is -1.84. The summed E-state index contributed by atoms with van der Waals surface area (Å²) < 4.78 is 94.2. The van der Waals surface area contributed by atoms with Crippen molar-refractivity contribution in [3.05, 3.63) is 35.6 Å². The van der Waals surface area contributed by atoms with Crippen molar-refractivity contribution in [2.45, 2.75) is 18.0 Å². The zero-order chi connectivity index (χ0) is 16.5. The van der Waals surface area contributed by atoms with E-state index in [0.29, 0.717) is 12.1 Å². The van der Waals surface area contributed by atoms with Gasteiger partial charge < -0.3 is 9.84 Å². The monoisotopic (exact) mass is 320 g/mol. The van der Waals surface area contributed by atoms with Crippen LogP contribution < -0.4 is 0 Å². The first-order valence-electron chi connectivity index (χ1n) is 5.17. The molecule has 1 aromatic rings. The predicted molar refractivity (Wildman–Crippen MR) is 53.8 cm³/mol. The van der Waals surface area contributed by atoms with Gasteiger partial charge in [-0.05, 0) is 12.1 Å². The van der Waals surface area contributed by atoms with Crippen molar-refractivity contribution in [2.24, 2.45) is 0 Å². The molecule has 0 saturated carbocycles. The highest BCUT2D eigenvalue weighted by Crippen LogP contribution is 2.52. The lowest BCUT2D eigenvalue weighted by Crippen LogP contribution is -2.56. The van der Waals surface area contributed by atoms with Gasteiger partial charge in [0, 0.05) is 5.56 Å². The molecule has 0 bridgehead atoms. The van der Waals surface area contributed by atoms with Gasteiger partial charge in [-0.1, -0.05) is 12.1 Å². The summed E-state index contributed by atoms with van der Waals surface area (Å²) in [7, 11) is 0. The average Bonchev–Trinajstić information content (AvgIpc) is 2.28. The fraction of sp³-hybridized carbons (Fsp3) is 0.364. The Bertz CT molecular complexity index is 490.